The summed E-state index contributed by atoms with van der Waals surface area (Å²) in [5, 5.41) is 21.8. The predicted octanol–water partition coefficient (Wildman–Crippen LogP) is 2.86. The fourth-order valence-electron chi connectivity index (χ4n) is 3.35. The Hall–Kier alpha value is -3.72. The summed E-state index contributed by atoms with van der Waals surface area (Å²) in [5.74, 6) is -0.0769. The van der Waals surface area contributed by atoms with E-state index in [4.69, 9.17) is 4.74 Å². The maximum Gasteiger partial charge on any atom is 0.342 e. The van der Waals surface area contributed by atoms with Crippen LogP contribution in [0.3, 0.4) is 0 Å². The van der Waals surface area contributed by atoms with Gasteiger partial charge < -0.3 is 9.84 Å². The van der Waals surface area contributed by atoms with E-state index >= 15 is 0 Å². The minimum atomic E-state index is -0.670. The van der Waals surface area contributed by atoms with Gasteiger partial charge in [0.2, 0.25) is 5.78 Å². The van der Waals surface area contributed by atoms with Gasteiger partial charge in [0.05, 0.1) is 5.52 Å². The molecule has 5 rings (SSSR count). The van der Waals surface area contributed by atoms with E-state index in [0.29, 0.717) is 21.8 Å². The number of hydrogen-bond acceptors (Lipinski definition) is 7. The van der Waals surface area contributed by atoms with Gasteiger partial charge in [0.1, 0.15) is 16.0 Å². The Kier molecular flexibility index (Phi) is 3.85. The molecule has 5 aromatic rings. The molecule has 0 fully saturated rings. The number of benzene rings is 2. The van der Waals surface area contributed by atoms with Crippen molar-refractivity contribution in [1.82, 2.24) is 19.2 Å². The number of rotatable bonds is 3. The number of thiophene rings is 1. The van der Waals surface area contributed by atoms with Gasteiger partial charge in [-0.3, -0.25) is 13.8 Å². The number of ether oxygens (including phenoxy) is 1. The third-order valence-corrected chi connectivity index (χ3v) is 5.71. The van der Waals surface area contributed by atoms with Crippen molar-refractivity contribution < 1.29 is 14.6 Å². The largest absolute Gasteiger partial charge is 0.507 e. The molecule has 2 aromatic carbocycles. The third kappa shape index (κ3) is 2.66. The van der Waals surface area contributed by atoms with Crippen LogP contribution < -0.4 is 5.56 Å². The molecule has 0 aliphatic heterocycles. The molecule has 0 aliphatic carbocycles. The van der Waals surface area contributed by atoms with Gasteiger partial charge in [-0.1, -0.05) is 24.3 Å². The summed E-state index contributed by atoms with van der Waals surface area (Å²) < 4.78 is 9.07. The van der Waals surface area contributed by atoms with E-state index in [1.807, 2.05) is 29.6 Å². The highest BCUT2D eigenvalue weighted by atomic mass is 32.1. The van der Waals surface area contributed by atoms with E-state index in [-0.39, 0.29) is 23.5 Å². The zero-order valence-corrected chi connectivity index (χ0v) is 16.0. The molecule has 3 aromatic heterocycles. The molecule has 0 atom stereocenters. The van der Waals surface area contributed by atoms with Crippen molar-refractivity contribution in [3.8, 4) is 5.75 Å². The highest BCUT2D eigenvalue weighted by Crippen LogP contribution is 2.26. The number of nitrogens with zero attached hydrogens (tertiary/aromatic N) is 4. The number of hydrogen-bond donors (Lipinski definition) is 1. The standard InChI is InChI=1S/C20H14N4O4S/c1-23-18(26)17-14(6-7-29-17)24-16(21-22-20(23)24)10-28-19(27)13-8-11-4-2-3-5-12(11)9-15(13)25/h2-9,25H,10H2,1H3. The number of phenols is 1. The van der Waals surface area contributed by atoms with Crippen LogP contribution in [0.2, 0.25) is 0 Å². The molecule has 9 heteroatoms. The first-order valence-electron chi connectivity index (χ1n) is 8.73. The molecule has 0 aliphatic rings. The number of aryl methyl sites for hydroxylation is 1. The summed E-state index contributed by atoms with van der Waals surface area (Å²) in [6.45, 7) is -0.157. The average Bonchev–Trinajstić information content (AvgIpc) is 3.36. The van der Waals surface area contributed by atoms with Crippen LogP contribution in [0.25, 0.3) is 26.8 Å². The molecule has 0 saturated heterocycles. The molecule has 0 unspecified atom stereocenters. The molecule has 0 amide bonds. The van der Waals surface area contributed by atoms with Crippen LogP contribution in [0.15, 0.2) is 52.6 Å². The molecule has 0 spiro atoms. The minimum absolute atomic E-state index is 0.0746. The van der Waals surface area contributed by atoms with Gasteiger partial charge >= 0.3 is 5.97 Å². The van der Waals surface area contributed by atoms with Crippen molar-refractivity contribution in [3.05, 3.63) is 69.6 Å². The van der Waals surface area contributed by atoms with Crippen LogP contribution in [0, 0.1) is 0 Å². The van der Waals surface area contributed by atoms with Crippen molar-refractivity contribution in [2.75, 3.05) is 0 Å². The van der Waals surface area contributed by atoms with E-state index in [0.717, 1.165) is 10.8 Å². The SMILES string of the molecule is Cn1c(=O)c2sccc2n2c(COC(=O)c3cc4ccccc4cc3O)nnc12. The number of aromatic nitrogens is 4. The van der Waals surface area contributed by atoms with E-state index in [2.05, 4.69) is 10.2 Å². The lowest BCUT2D eigenvalue weighted by Gasteiger charge is -2.08. The number of carbonyl (C=O) groups excluding carboxylic acids is 1. The predicted molar refractivity (Wildman–Crippen MR) is 108 cm³/mol. The Morgan fingerprint density at radius 2 is 1.93 bits per heavy atom. The molecule has 0 radical (unpaired) electrons. The van der Waals surface area contributed by atoms with Crippen molar-refractivity contribution in [2.45, 2.75) is 6.61 Å². The van der Waals surface area contributed by atoms with E-state index < -0.39 is 5.97 Å². The molecule has 3 heterocycles. The zero-order chi connectivity index (χ0) is 20.1. The first-order chi connectivity index (χ1) is 14.0. The molecular formula is C20H14N4O4S. The van der Waals surface area contributed by atoms with Gasteiger partial charge in [-0.05, 0) is 34.4 Å². The molecule has 0 bridgehead atoms. The fraction of sp³-hybridized carbons (Fsp3) is 0.100. The van der Waals surface area contributed by atoms with Crippen molar-refractivity contribution >= 4 is 44.1 Å². The maximum absolute atomic E-state index is 12.6. The fourth-order valence-corrected chi connectivity index (χ4v) is 4.20. The second kappa shape index (κ2) is 6.42. The lowest BCUT2D eigenvalue weighted by Crippen LogP contribution is -2.19. The topological polar surface area (TPSA) is 98.7 Å². The van der Waals surface area contributed by atoms with Crippen LogP contribution in [0.1, 0.15) is 16.2 Å². The molecule has 0 saturated carbocycles. The summed E-state index contributed by atoms with van der Waals surface area (Å²) in [6, 6.07) is 12.3. The molecule has 1 N–H and O–H groups in total. The second-order valence-corrected chi connectivity index (χ2v) is 7.46. The van der Waals surface area contributed by atoms with Crippen LogP contribution in [-0.4, -0.2) is 30.2 Å². The number of phenolic OH excluding ortho intramolecular Hbond substituents is 1. The zero-order valence-electron chi connectivity index (χ0n) is 15.2. The first kappa shape index (κ1) is 17.4. The summed E-state index contributed by atoms with van der Waals surface area (Å²) in [7, 11) is 1.62. The summed E-state index contributed by atoms with van der Waals surface area (Å²) >= 11 is 1.33. The Morgan fingerprint density at radius 1 is 1.17 bits per heavy atom. The van der Waals surface area contributed by atoms with Gasteiger partial charge in [0, 0.05) is 7.05 Å². The lowest BCUT2D eigenvalue weighted by atomic mass is 10.1. The summed E-state index contributed by atoms with van der Waals surface area (Å²) in [4.78, 5) is 25.0. The quantitative estimate of drug-likeness (QED) is 0.463. The average molecular weight is 406 g/mol. The van der Waals surface area contributed by atoms with Crippen molar-refractivity contribution in [3.63, 3.8) is 0 Å². The molecule has 144 valence electrons. The number of carbonyl (C=O) groups is 1. The van der Waals surface area contributed by atoms with Crippen LogP contribution in [0.5, 0.6) is 5.75 Å². The van der Waals surface area contributed by atoms with Gasteiger partial charge in [0.15, 0.2) is 12.4 Å². The molecule has 29 heavy (non-hydrogen) atoms. The summed E-state index contributed by atoms with van der Waals surface area (Å²) in [6.07, 6.45) is 0. The van der Waals surface area contributed by atoms with Crippen molar-refractivity contribution in [1.29, 1.82) is 0 Å². The normalized spacial score (nSPS) is 11.5. The smallest absolute Gasteiger partial charge is 0.342 e. The first-order valence-corrected chi connectivity index (χ1v) is 9.61. The summed E-state index contributed by atoms with van der Waals surface area (Å²) in [5.41, 5.74) is 0.586. The van der Waals surface area contributed by atoms with Gasteiger partial charge in [-0.2, -0.15) is 0 Å². The third-order valence-electron chi connectivity index (χ3n) is 4.81. The van der Waals surface area contributed by atoms with Crippen LogP contribution in [0.4, 0.5) is 0 Å². The Bertz CT molecular complexity index is 1480. The Labute approximate surface area is 167 Å². The number of esters is 1. The van der Waals surface area contributed by atoms with E-state index in [1.165, 1.54) is 22.0 Å². The van der Waals surface area contributed by atoms with Crippen LogP contribution in [-0.2, 0) is 18.4 Å². The lowest BCUT2D eigenvalue weighted by molar-refractivity contribution is 0.0458. The Balaban J connectivity index is 1.51. The van der Waals surface area contributed by atoms with Gasteiger partial charge in [-0.15, -0.1) is 21.5 Å². The molecule has 8 nitrogen and oxygen atoms in total. The minimum Gasteiger partial charge on any atom is -0.507 e. The molecular weight excluding hydrogens is 392 g/mol. The number of aromatic hydroxyl groups is 1. The highest BCUT2D eigenvalue weighted by molar-refractivity contribution is 7.17. The Morgan fingerprint density at radius 3 is 2.72 bits per heavy atom. The van der Waals surface area contributed by atoms with E-state index in [9.17, 15) is 14.7 Å². The second-order valence-electron chi connectivity index (χ2n) is 6.54. The highest BCUT2D eigenvalue weighted by Gasteiger charge is 2.19. The number of fused-ring (bicyclic) bond motifs is 4. The van der Waals surface area contributed by atoms with Crippen molar-refractivity contribution in [2.24, 2.45) is 7.05 Å². The van der Waals surface area contributed by atoms with Crippen LogP contribution >= 0.6 is 11.3 Å². The maximum atomic E-state index is 12.6. The van der Waals surface area contributed by atoms with Gasteiger partial charge in [0.25, 0.3) is 5.56 Å². The monoisotopic (exact) mass is 406 g/mol. The van der Waals surface area contributed by atoms with Gasteiger partial charge in [-0.25, -0.2) is 4.79 Å². The van der Waals surface area contributed by atoms with E-state index in [1.54, 1.807) is 23.6 Å².